The number of amides is 1. The first-order valence-corrected chi connectivity index (χ1v) is 7.85. The van der Waals surface area contributed by atoms with Crippen LogP contribution in [0.3, 0.4) is 0 Å². The Balaban J connectivity index is 1.82. The van der Waals surface area contributed by atoms with E-state index in [0.29, 0.717) is 24.3 Å². The number of anilines is 1. The van der Waals surface area contributed by atoms with Gasteiger partial charge in [-0.3, -0.25) is 9.69 Å². The number of hydrogen-bond acceptors (Lipinski definition) is 4. The molecule has 0 unspecified atom stereocenters. The van der Waals surface area contributed by atoms with Crippen LogP contribution >= 0.6 is 0 Å². The Kier molecular flexibility index (Phi) is 5.13. The van der Waals surface area contributed by atoms with E-state index in [-0.39, 0.29) is 0 Å². The second-order valence-electron chi connectivity index (χ2n) is 5.60. The van der Waals surface area contributed by atoms with Gasteiger partial charge in [-0.05, 0) is 47.8 Å². The Morgan fingerprint density at radius 1 is 1.38 bits per heavy atom. The molecule has 0 radical (unpaired) electrons. The summed E-state index contributed by atoms with van der Waals surface area (Å²) in [5.74, 6) is 4.64. The summed E-state index contributed by atoms with van der Waals surface area (Å²) in [6.07, 6.45) is 0.698. The maximum atomic E-state index is 12.9. The number of fused-ring (bicyclic) bond motifs is 1. The van der Waals surface area contributed by atoms with Gasteiger partial charge in [-0.15, -0.1) is 0 Å². The van der Waals surface area contributed by atoms with Crippen molar-refractivity contribution in [1.29, 1.82) is 0 Å². The lowest BCUT2D eigenvalue weighted by atomic mass is 10.1. The van der Waals surface area contributed by atoms with Gasteiger partial charge < -0.3 is 5.11 Å². The number of aliphatic hydroxyl groups is 1. The van der Waals surface area contributed by atoms with Crippen molar-refractivity contribution in [3.8, 4) is 11.8 Å². The number of halogens is 1. The van der Waals surface area contributed by atoms with E-state index in [0.717, 1.165) is 5.56 Å². The number of nitrogens with zero attached hydrogens (tertiary/aromatic N) is 5. The van der Waals surface area contributed by atoms with Crippen LogP contribution in [-0.4, -0.2) is 34.7 Å². The molecule has 26 heavy (non-hydrogen) atoms. The summed E-state index contributed by atoms with van der Waals surface area (Å²) in [5.41, 5.74) is 10.1. The molecule has 1 amide bonds. The smallest absolute Gasteiger partial charge is 0.240 e. The second kappa shape index (κ2) is 7.66. The third kappa shape index (κ3) is 3.64. The van der Waals surface area contributed by atoms with Gasteiger partial charge in [-0.25, -0.2) is 9.37 Å². The first-order chi connectivity index (χ1) is 12.6. The van der Waals surface area contributed by atoms with Crippen molar-refractivity contribution in [2.45, 2.75) is 18.6 Å². The molecule has 0 saturated carbocycles. The maximum Gasteiger partial charge on any atom is 0.240 e. The molecule has 2 heterocycles. The number of rotatable bonds is 3. The summed E-state index contributed by atoms with van der Waals surface area (Å²) in [6.45, 7) is 0.390. The Bertz CT molecular complexity index is 929. The van der Waals surface area contributed by atoms with Gasteiger partial charge >= 0.3 is 0 Å². The Morgan fingerprint density at radius 2 is 2.15 bits per heavy atom. The molecule has 0 bridgehead atoms. The highest BCUT2D eigenvalue weighted by Crippen LogP contribution is 2.26. The lowest BCUT2D eigenvalue weighted by Gasteiger charge is -2.21. The van der Waals surface area contributed by atoms with E-state index in [2.05, 4.69) is 26.9 Å². The first-order valence-electron chi connectivity index (χ1n) is 7.85. The minimum atomic E-state index is -1.50. The van der Waals surface area contributed by atoms with Crippen LogP contribution < -0.4 is 4.90 Å². The largest absolute Gasteiger partial charge is 0.379 e. The van der Waals surface area contributed by atoms with E-state index in [1.807, 2.05) is 6.07 Å². The Labute approximate surface area is 148 Å². The molecule has 7 nitrogen and oxygen atoms in total. The monoisotopic (exact) mass is 351 g/mol. The molecule has 0 spiro atoms. The van der Waals surface area contributed by atoms with E-state index in [4.69, 9.17) is 5.53 Å². The molecule has 2 aromatic rings. The van der Waals surface area contributed by atoms with Crippen LogP contribution in [0.15, 0.2) is 47.7 Å². The number of benzene rings is 1. The molecule has 0 aliphatic carbocycles. The van der Waals surface area contributed by atoms with Gasteiger partial charge in [0.2, 0.25) is 5.91 Å². The van der Waals surface area contributed by atoms with Crippen LogP contribution in [0.4, 0.5) is 10.2 Å². The molecule has 1 N–H and O–H groups in total. The van der Waals surface area contributed by atoms with Crippen LogP contribution in [0, 0.1) is 17.7 Å². The van der Waals surface area contributed by atoms with Crippen LogP contribution in [0.2, 0.25) is 0 Å². The Morgan fingerprint density at radius 3 is 2.88 bits per heavy atom. The summed E-state index contributed by atoms with van der Waals surface area (Å²) in [5, 5.41) is 13.7. The van der Waals surface area contributed by atoms with Gasteiger partial charge in [0.25, 0.3) is 0 Å². The quantitative estimate of drug-likeness (QED) is 0.397. The molecule has 8 heteroatoms. The SMILES string of the molecule is [N-]=[N+]=N[C@H](C(=O)N1CCc2cccnc21)[C@@H](O)C#Cc1ccc(F)cc1. The average Bonchev–Trinajstić information content (AvgIpc) is 3.09. The van der Waals surface area contributed by atoms with E-state index < -0.39 is 23.9 Å². The molecular weight excluding hydrogens is 337 g/mol. The minimum absolute atomic E-state index is 0.390. The summed E-state index contributed by atoms with van der Waals surface area (Å²) in [4.78, 5) is 21.0. The number of aromatic nitrogens is 1. The Hall–Kier alpha value is -3.40. The predicted molar refractivity (Wildman–Crippen MR) is 92.5 cm³/mol. The lowest BCUT2D eigenvalue weighted by Crippen LogP contribution is -2.43. The molecule has 1 aliphatic rings. The third-order valence-electron chi connectivity index (χ3n) is 3.93. The van der Waals surface area contributed by atoms with E-state index >= 15 is 0 Å². The number of carbonyl (C=O) groups excluding carboxylic acids is 1. The van der Waals surface area contributed by atoms with Crippen molar-refractivity contribution in [3.63, 3.8) is 0 Å². The van der Waals surface area contributed by atoms with E-state index in [1.165, 1.54) is 29.2 Å². The number of azide groups is 1. The number of pyridine rings is 1. The minimum Gasteiger partial charge on any atom is -0.379 e. The van der Waals surface area contributed by atoms with Crippen molar-refractivity contribution in [2.75, 3.05) is 11.4 Å². The van der Waals surface area contributed by atoms with Crippen molar-refractivity contribution in [3.05, 3.63) is 70.0 Å². The van der Waals surface area contributed by atoms with Gasteiger partial charge in [-0.1, -0.05) is 23.0 Å². The molecule has 2 atom stereocenters. The highest BCUT2D eigenvalue weighted by Gasteiger charge is 2.34. The molecule has 130 valence electrons. The summed E-state index contributed by atoms with van der Waals surface area (Å²) >= 11 is 0. The van der Waals surface area contributed by atoms with E-state index in [9.17, 15) is 14.3 Å². The average molecular weight is 351 g/mol. The zero-order chi connectivity index (χ0) is 18.5. The molecule has 1 aromatic carbocycles. The van der Waals surface area contributed by atoms with Gasteiger partial charge in [0.05, 0.1) is 0 Å². The zero-order valence-corrected chi connectivity index (χ0v) is 13.6. The fraction of sp³-hybridized carbons (Fsp3) is 0.222. The first kappa shape index (κ1) is 17.4. The van der Waals surface area contributed by atoms with Gasteiger partial charge in [0.15, 0.2) is 6.04 Å². The van der Waals surface area contributed by atoms with Crippen molar-refractivity contribution in [2.24, 2.45) is 5.11 Å². The van der Waals surface area contributed by atoms with E-state index in [1.54, 1.807) is 12.3 Å². The van der Waals surface area contributed by atoms with Crippen LogP contribution in [0.1, 0.15) is 11.1 Å². The van der Waals surface area contributed by atoms with Gasteiger partial charge in [0.1, 0.15) is 17.7 Å². The molecule has 0 saturated heterocycles. The van der Waals surface area contributed by atoms with Gasteiger partial charge in [0, 0.05) is 23.2 Å². The van der Waals surface area contributed by atoms with Crippen molar-refractivity contribution < 1.29 is 14.3 Å². The topological polar surface area (TPSA) is 102 Å². The van der Waals surface area contributed by atoms with Crippen LogP contribution in [-0.2, 0) is 11.2 Å². The lowest BCUT2D eigenvalue weighted by molar-refractivity contribution is -0.121. The van der Waals surface area contributed by atoms with Crippen molar-refractivity contribution >= 4 is 11.7 Å². The fourth-order valence-electron chi connectivity index (χ4n) is 2.65. The zero-order valence-electron chi connectivity index (χ0n) is 13.6. The summed E-state index contributed by atoms with van der Waals surface area (Å²) < 4.78 is 12.9. The predicted octanol–water partition coefficient (Wildman–Crippen LogP) is 2.20. The fourth-order valence-corrected chi connectivity index (χ4v) is 2.65. The number of hydrogen-bond donors (Lipinski definition) is 1. The van der Waals surface area contributed by atoms with Gasteiger partial charge in [-0.2, -0.15) is 0 Å². The highest BCUT2D eigenvalue weighted by molar-refractivity contribution is 5.98. The highest BCUT2D eigenvalue weighted by atomic mass is 19.1. The standard InChI is InChI=1S/C18H14FN5O2/c19-14-6-3-12(4-7-14)5-8-15(25)16(22-23-20)18(26)24-11-9-13-2-1-10-21-17(13)24/h1-4,6-7,10,15-16,25H,9,11H2/t15-,16-/m0/s1. The van der Waals surface area contributed by atoms with Crippen molar-refractivity contribution in [1.82, 2.24) is 4.98 Å². The molecule has 1 aliphatic heterocycles. The summed E-state index contributed by atoms with van der Waals surface area (Å²) in [7, 11) is 0. The molecule has 0 fully saturated rings. The van der Waals surface area contributed by atoms with Crippen LogP contribution in [0.25, 0.3) is 10.4 Å². The molecular formula is C18H14FN5O2. The number of aliphatic hydroxyl groups excluding tert-OH is 1. The van der Waals surface area contributed by atoms with Crippen LogP contribution in [0.5, 0.6) is 0 Å². The second-order valence-corrected chi connectivity index (χ2v) is 5.60. The molecule has 3 rings (SSSR count). The molecule has 1 aromatic heterocycles. The summed E-state index contributed by atoms with van der Waals surface area (Å²) in [6, 6.07) is 7.60. The third-order valence-corrected chi connectivity index (χ3v) is 3.93. The maximum absolute atomic E-state index is 12.9. The number of carbonyl (C=O) groups is 1. The normalized spacial score (nSPS) is 14.5.